The van der Waals surface area contributed by atoms with E-state index in [1.54, 1.807) is 0 Å². The molecule has 152 valence electrons. The Bertz CT molecular complexity index is 1230. The number of hydrogen-bond donors (Lipinski definition) is 0. The SMILES string of the molecule is Brc1cnc(N2CCOCC2)c2nc([C@H]3C[C@H](c4ccc5ccccc5n4)C3)cn12. The van der Waals surface area contributed by atoms with Gasteiger partial charge in [0.1, 0.15) is 4.60 Å². The molecule has 4 heterocycles. The molecule has 0 atom stereocenters. The Morgan fingerprint density at radius 2 is 1.73 bits per heavy atom. The second-order valence-electron chi connectivity index (χ2n) is 8.16. The molecule has 1 saturated heterocycles. The summed E-state index contributed by atoms with van der Waals surface area (Å²) < 4.78 is 8.55. The van der Waals surface area contributed by atoms with Crippen LogP contribution in [0.1, 0.15) is 36.1 Å². The number of para-hydroxylation sites is 1. The number of halogens is 1. The van der Waals surface area contributed by atoms with E-state index in [-0.39, 0.29) is 0 Å². The van der Waals surface area contributed by atoms with Gasteiger partial charge in [-0.05, 0) is 40.9 Å². The van der Waals surface area contributed by atoms with Crippen molar-refractivity contribution in [2.45, 2.75) is 24.7 Å². The van der Waals surface area contributed by atoms with Crippen LogP contribution in [-0.4, -0.2) is 45.7 Å². The van der Waals surface area contributed by atoms with Crippen molar-refractivity contribution in [1.82, 2.24) is 19.4 Å². The van der Waals surface area contributed by atoms with Gasteiger partial charge < -0.3 is 9.64 Å². The summed E-state index contributed by atoms with van der Waals surface area (Å²) in [6.07, 6.45) is 6.21. The number of imidazole rings is 1. The normalized spacial score (nSPS) is 21.8. The van der Waals surface area contributed by atoms with Crippen LogP contribution >= 0.6 is 15.9 Å². The average Bonchev–Trinajstić information content (AvgIpc) is 3.19. The molecule has 3 aromatic heterocycles. The molecule has 1 aliphatic carbocycles. The van der Waals surface area contributed by atoms with Crippen LogP contribution in [0, 0.1) is 0 Å². The van der Waals surface area contributed by atoms with Crippen molar-refractivity contribution < 1.29 is 4.74 Å². The Balaban J connectivity index is 1.26. The monoisotopic (exact) mass is 463 g/mol. The van der Waals surface area contributed by atoms with Crippen molar-refractivity contribution in [3.63, 3.8) is 0 Å². The van der Waals surface area contributed by atoms with E-state index < -0.39 is 0 Å². The zero-order valence-electron chi connectivity index (χ0n) is 16.5. The zero-order valence-corrected chi connectivity index (χ0v) is 18.1. The predicted molar refractivity (Wildman–Crippen MR) is 120 cm³/mol. The first-order valence-corrected chi connectivity index (χ1v) is 11.3. The molecule has 30 heavy (non-hydrogen) atoms. The number of benzene rings is 1. The first kappa shape index (κ1) is 18.3. The summed E-state index contributed by atoms with van der Waals surface area (Å²) in [7, 11) is 0. The Morgan fingerprint density at radius 1 is 0.933 bits per heavy atom. The summed E-state index contributed by atoms with van der Waals surface area (Å²) in [6, 6.07) is 12.7. The topological polar surface area (TPSA) is 55.5 Å². The standard InChI is InChI=1S/C23H22BrN5O/c24-21-13-25-22(28-7-9-30-10-8-28)23-27-20(14-29(21)23)17-11-16(12-17)19-6-5-15-3-1-2-4-18(15)26-19/h1-6,13-14,16-17H,7-12H2/t16-,17-. The quantitative estimate of drug-likeness (QED) is 0.446. The van der Waals surface area contributed by atoms with Gasteiger partial charge >= 0.3 is 0 Å². The smallest absolute Gasteiger partial charge is 0.181 e. The van der Waals surface area contributed by atoms with Gasteiger partial charge in [-0.3, -0.25) is 9.38 Å². The number of aromatic nitrogens is 4. The molecule has 0 spiro atoms. The number of ether oxygens (including phenoxy) is 1. The van der Waals surface area contributed by atoms with Crippen LogP contribution in [0.5, 0.6) is 0 Å². The van der Waals surface area contributed by atoms with Crippen molar-refractivity contribution in [2.75, 3.05) is 31.2 Å². The summed E-state index contributed by atoms with van der Waals surface area (Å²) >= 11 is 3.64. The summed E-state index contributed by atoms with van der Waals surface area (Å²) in [6.45, 7) is 3.18. The van der Waals surface area contributed by atoms with Gasteiger partial charge in [0.05, 0.1) is 30.6 Å². The highest BCUT2D eigenvalue weighted by molar-refractivity contribution is 9.10. The van der Waals surface area contributed by atoms with Crippen LogP contribution in [0.4, 0.5) is 5.82 Å². The molecule has 1 aliphatic heterocycles. The lowest BCUT2D eigenvalue weighted by molar-refractivity contribution is 0.122. The highest BCUT2D eigenvalue weighted by Crippen LogP contribution is 2.47. The molecule has 0 unspecified atom stereocenters. The van der Waals surface area contributed by atoms with E-state index in [1.807, 2.05) is 6.20 Å². The molecule has 7 heteroatoms. The molecule has 0 bridgehead atoms. The van der Waals surface area contributed by atoms with Gasteiger partial charge in [0.2, 0.25) is 0 Å². The molecule has 0 radical (unpaired) electrons. The minimum atomic E-state index is 0.465. The number of pyridine rings is 1. The minimum absolute atomic E-state index is 0.465. The average molecular weight is 464 g/mol. The molecule has 6 nitrogen and oxygen atoms in total. The van der Waals surface area contributed by atoms with Crippen LogP contribution in [0.2, 0.25) is 0 Å². The Labute approximate surface area is 183 Å². The van der Waals surface area contributed by atoms with Gasteiger partial charge in [-0.1, -0.05) is 24.3 Å². The fraction of sp³-hybridized carbons (Fsp3) is 0.348. The van der Waals surface area contributed by atoms with Crippen LogP contribution in [0.15, 0.2) is 53.4 Å². The van der Waals surface area contributed by atoms with E-state index in [9.17, 15) is 0 Å². The molecule has 1 saturated carbocycles. The molecular formula is C23H22BrN5O. The third-order valence-electron chi connectivity index (χ3n) is 6.35. The molecule has 2 aliphatic rings. The minimum Gasteiger partial charge on any atom is -0.378 e. The number of fused-ring (bicyclic) bond motifs is 2. The largest absolute Gasteiger partial charge is 0.378 e. The molecular weight excluding hydrogens is 442 g/mol. The van der Waals surface area contributed by atoms with E-state index in [0.29, 0.717) is 11.8 Å². The third-order valence-corrected chi connectivity index (χ3v) is 6.94. The Hall–Kier alpha value is -2.51. The van der Waals surface area contributed by atoms with Crippen LogP contribution in [-0.2, 0) is 4.74 Å². The van der Waals surface area contributed by atoms with Crippen LogP contribution in [0.3, 0.4) is 0 Å². The van der Waals surface area contributed by atoms with Gasteiger partial charge in [0.15, 0.2) is 11.5 Å². The van der Waals surface area contributed by atoms with E-state index >= 15 is 0 Å². The predicted octanol–water partition coefficient (Wildman–Crippen LogP) is 4.54. The maximum Gasteiger partial charge on any atom is 0.181 e. The first-order valence-electron chi connectivity index (χ1n) is 10.5. The summed E-state index contributed by atoms with van der Waals surface area (Å²) in [5, 5.41) is 1.20. The highest BCUT2D eigenvalue weighted by Gasteiger charge is 2.34. The molecule has 6 rings (SSSR count). The fourth-order valence-electron chi connectivity index (χ4n) is 4.56. The van der Waals surface area contributed by atoms with Gasteiger partial charge in [0.25, 0.3) is 0 Å². The van der Waals surface area contributed by atoms with Crippen LogP contribution < -0.4 is 4.90 Å². The van der Waals surface area contributed by atoms with E-state index in [1.165, 1.54) is 11.1 Å². The summed E-state index contributed by atoms with van der Waals surface area (Å²) in [5.41, 5.74) is 4.35. The Morgan fingerprint density at radius 3 is 2.60 bits per heavy atom. The van der Waals surface area contributed by atoms with Crippen molar-refractivity contribution in [2.24, 2.45) is 0 Å². The summed E-state index contributed by atoms with van der Waals surface area (Å²) in [4.78, 5) is 16.8. The second-order valence-corrected chi connectivity index (χ2v) is 8.97. The van der Waals surface area contributed by atoms with E-state index in [0.717, 1.165) is 66.4 Å². The highest BCUT2D eigenvalue weighted by atomic mass is 79.9. The van der Waals surface area contributed by atoms with E-state index in [2.05, 4.69) is 72.8 Å². The fourth-order valence-corrected chi connectivity index (χ4v) is 4.93. The van der Waals surface area contributed by atoms with E-state index in [4.69, 9.17) is 14.7 Å². The number of morpholine rings is 1. The maximum absolute atomic E-state index is 5.50. The van der Waals surface area contributed by atoms with Crippen LogP contribution in [0.25, 0.3) is 16.6 Å². The number of rotatable bonds is 3. The molecule has 4 aromatic rings. The van der Waals surface area contributed by atoms with Crippen molar-refractivity contribution in [3.8, 4) is 0 Å². The summed E-state index contributed by atoms with van der Waals surface area (Å²) in [5.74, 6) is 1.91. The maximum atomic E-state index is 5.50. The lowest BCUT2D eigenvalue weighted by Gasteiger charge is -2.34. The van der Waals surface area contributed by atoms with Gasteiger partial charge in [-0.25, -0.2) is 9.97 Å². The number of nitrogens with zero attached hydrogens (tertiary/aromatic N) is 5. The second kappa shape index (κ2) is 7.32. The van der Waals surface area contributed by atoms with Gasteiger partial charge in [0, 0.05) is 42.2 Å². The van der Waals surface area contributed by atoms with Gasteiger partial charge in [-0.2, -0.15) is 0 Å². The van der Waals surface area contributed by atoms with Crippen molar-refractivity contribution >= 4 is 38.3 Å². The van der Waals surface area contributed by atoms with Crippen molar-refractivity contribution in [3.05, 3.63) is 64.8 Å². The van der Waals surface area contributed by atoms with Gasteiger partial charge in [-0.15, -0.1) is 0 Å². The molecule has 0 amide bonds. The first-order chi connectivity index (χ1) is 14.8. The third kappa shape index (κ3) is 3.08. The Kier molecular flexibility index (Phi) is 4.46. The number of anilines is 1. The molecule has 2 fully saturated rings. The van der Waals surface area contributed by atoms with Crippen molar-refractivity contribution in [1.29, 1.82) is 0 Å². The molecule has 0 N–H and O–H groups in total. The molecule has 1 aromatic carbocycles. The number of hydrogen-bond acceptors (Lipinski definition) is 5. The zero-order chi connectivity index (χ0) is 20.1. The lowest BCUT2D eigenvalue weighted by Crippen LogP contribution is -2.37. The lowest BCUT2D eigenvalue weighted by atomic mass is 9.71.